The van der Waals surface area contributed by atoms with Crippen molar-refractivity contribution in [2.75, 3.05) is 7.05 Å². The smallest absolute Gasteiger partial charge is 0.0595 e. The van der Waals surface area contributed by atoms with Crippen molar-refractivity contribution in [1.82, 2.24) is 5.32 Å². The van der Waals surface area contributed by atoms with E-state index in [1.165, 1.54) is 18.4 Å². The summed E-state index contributed by atoms with van der Waals surface area (Å²) in [5, 5.41) is 4.20. The van der Waals surface area contributed by atoms with Gasteiger partial charge in [-0.3, -0.25) is 0 Å². The van der Waals surface area contributed by atoms with Gasteiger partial charge in [0.2, 0.25) is 0 Å². The highest BCUT2D eigenvalue weighted by atomic mass is 79.9. The number of halogens is 2. The third-order valence-corrected chi connectivity index (χ3v) is 4.44. The Morgan fingerprint density at radius 1 is 1.41 bits per heavy atom. The number of nitrogens with one attached hydrogen (secondary N) is 1. The molecule has 0 bridgehead atoms. The molecule has 2 unspecified atom stereocenters. The molecule has 1 nitrogen and oxygen atoms in total. The van der Waals surface area contributed by atoms with E-state index in [9.17, 15) is 0 Å². The minimum atomic E-state index is 0.335. The van der Waals surface area contributed by atoms with Crippen LogP contribution in [0.15, 0.2) is 22.7 Å². The van der Waals surface area contributed by atoms with Gasteiger partial charge < -0.3 is 5.32 Å². The Bertz CT molecular complexity index is 354. The zero-order valence-corrected chi connectivity index (χ0v) is 13.1. The average molecular weight is 319 g/mol. The Kier molecular flexibility index (Phi) is 6.53. The van der Waals surface area contributed by atoms with Crippen LogP contribution in [0.1, 0.15) is 44.7 Å². The van der Waals surface area contributed by atoms with E-state index in [1.807, 2.05) is 19.2 Å². The Morgan fingerprint density at radius 3 is 2.71 bits per heavy atom. The molecule has 0 aromatic heterocycles. The van der Waals surface area contributed by atoms with Crippen molar-refractivity contribution in [3.8, 4) is 0 Å². The van der Waals surface area contributed by atoms with Gasteiger partial charge in [-0.2, -0.15) is 0 Å². The summed E-state index contributed by atoms with van der Waals surface area (Å²) in [4.78, 5) is 0. The molecule has 0 aliphatic carbocycles. The summed E-state index contributed by atoms with van der Waals surface area (Å²) in [6, 6.07) is 6.46. The van der Waals surface area contributed by atoms with Gasteiger partial charge in [0.1, 0.15) is 0 Å². The minimum absolute atomic E-state index is 0.335. The molecule has 0 saturated carbocycles. The maximum absolute atomic E-state index is 6.34. The van der Waals surface area contributed by atoms with Gasteiger partial charge in [0.25, 0.3) is 0 Å². The minimum Gasteiger partial charge on any atom is -0.313 e. The van der Waals surface area contributed by atoms with Crippen molar-refractivity contribution in [1.29, 1.82) is 0 Å². The monoisotopic (exact) mass is 317 g/mol. The van der Waals surface area contributed by atoms with Crippen LogP contribution in [0.3, 0.4) is 0 Å². The van der Waals surface area contributed by atoms with Crippen molar-refractivity contribution in [3.63, 3.8) is 0 Å². The summed E-state index contributed by atoms with van der Waals surface area (Å²) in [7, 11) is 2.00. The lowest BCUT2D eigenvalue weighted by Gasteiger charge is -2.22. The SMILES string of the molecule is CCCC(C)CC(NC)c1cccc(Br)c1Cl. The molecular formula is C14H21BrClN. The highest BCUT2D eigenvalue weighted by molar-refractivity contribution is 9.10. The molecule has 1 aromatic rings. The number of hydrogen-bond donors (Lipinski definition) is 1. The second-order valence-electron chi connectivity index (χ2n) is 4.61. The van der Waals surface area contributed by atoms with Crippen LogP contribution in [0, 0.1) is 5.92 Å². The van der Waals surface area contributed by atoms with Gasteiger partial charge in [-0.1, -0.05) is 50.4 Å². The van der Waals surface area contributed by atoms with Crippen LogP contribution in [0.2, 0.25) is 5.02 Å². The van der Waals surface area contributed by atoms with Crippen LogP contribution in [0.5, 0.6) is 0 Å². The fourth-order valence-electron chi connectivity index (χ4n) is 2.20. The van der Waals surface area contributed by atoms with Crippen molar-refractivity contribution < 1.29 is 0 Å². The topological polar surface area (TPSA) is 12.0 Å². The number of benzene rings is 1. The van der Waals surface area contributed by atoms with Crippen molar-refractivity contribution in [2.45, 2.75) is 39.2 Å². The molecule has 17 heavy (non-hydrogen) atoms. The first-order valence-electron chi connectivity index (χ1n) is 6.21. The van der Waals surface area contributed by atoms with E-state index in [-0.39, 0.29) is 0 Å². The molecule has 1 rings (SSSR count). The van der Waals surface area contributed by atoms with Crippen LogP contribution in [0.4, 0.5) is 0 Å². The lowest BCUT2D eigenvalue weighted by molar-refractivity contribution is 0.407. The molecule has 0 radical (unpaired) electrons. The van der Waals surface area contributed by atoms with Gasteiger partial charge in [-0.15, -0.1) is 0 Å². The normalized spacial score (nSPS) is 14.6. The van der Waals surface area contributed by atoms with E-state index >= 15 is 0 Å². The van der Waals surface area contributed by atoms with E-state index in [0.29, 0.717) is 12.0 Å². The zero-order chi connectivity index (χ0) is 12.8. The first-order chi connectivity index (χ1) is 8.10. The predicted molar refractivity (Wildman–Crippen MR) is 79.6 cm³/mol. The van der Waals surface area contributed by atoms with E-state index in [2.05, 4.69) is 41.2 Å². The van der Waals surface area contributed by atoms with E-state index in [4.69, 9.17) is 11.6 Å². The first-order valence-corrected chi connectivity index (χ1v) is 7.38. The molecule has 1 aromatic carbocycles. The fourth-order valence-corrected chi connectivity index (χ4v) is 2.84. The molecule has 2 atom stereocenters. The largest absolute Gasteiger partial charge is 0.313 e. The van der Waals surface area contributed by atoms with Crippen molar-refractivity contribution in [2.24, 2.45) is 5.92 Å². The van der Waals surface area contributed by atoms with E-state index in [0.717, 1.165) is 15.9 Å². The maximum atomic E-state index is 6.34. The van der Waals surface area contributed by atoms with Gasteiger partial charge in [-0.25, -0.2) is 0 Å². The summed E-state index contributed by atoms with van der Waals surface area (Å²) in [5.41, 5.74) is 1.19. The summed E-state index contributed by atoms with van der Waals surface area (Å²) in [6.07, 6.45) is 3.63. The average Bonchev–Trinajstić information content (AvgIpc) is 2.30. The standard InChI is InChI=1S/C14H21BrClN/c1-4-6-10(2)9-13(17-3)11-7-5-8-12(15)14(11)16/h5,7-8,10,13,17H,4,6,9H2,1-3H3. The lowest BCUT2D eigenvalue weighted by Crippen LogP contribution is -2.19. The third-order valence-electron chi connectivity index (χ3n) is 3.12. The van der Waals surface area contributed by atoms with E-state index < -0.39 is 0 Å². The molecule has 0 amide bonds. The Morgan fingerprint density at radius 2 is 2.12 bits per heavy atom. The summed E-state index contributed by atoms with van der Waals surface area (Å²) < 4.78 is 0.972. The zero-order valence-electron chi connectivity index (χ0n) is 10.8. The van der Waals surface area contributed by atoms with Crippen LogP contribution >= 0.6 is 27.5 Å². The predicted octanol–water partition coefficient (Wildman–Crippen LogP) is 5.19. The lowest BCUT2D eigenvalue weighted by atomic mass is 9.93. The fraction of sp³-hybridized carbons (Fsp3) is 0.571. The van der Waals surface area contributed by atoms with E-state index in [1.54, 1.807) is 0 Å². The highest BCUT2D eigenvalue weighted by Crippen LogP contribution is 2.33. The Labute approximate surface area is 118 Å². The molecule has 0 fully saturated rings. The Balaban J connectivity index is 2.82. The summed E-state index contributed by atoms with van der Waals surface area (Å²) in [5.74, 6) is 0.715. The molecule has 96 valence electrons. The quantitative estimate of drug-likeness (QED) is 0.761. The first kappa shape index (κ1) is 15.0. The van der Waals surface area contributed by atoms with Crippen molar-refractivity contribution >= 4 is 27.5 Å². The van der Waals surface area contributed by atoms with Gasteiger partial charge >= 0.3 is 0 Å². The highest BCUT2D eigenvalue weighted by Gasteiger charge is 2.16. The molecule has 0 spiro atoms. The van der Waals surface area contributed by atoms with Crippen LogP contribution in [-0.2, 0) is 0 Å². The molecule has 0 aliphatic heterocycles. The van der Waals surface area contributed by atoms with Gasteiger partial charge in [0.05, 0.1) is 5.02 Å². The second kappa shape index (κ2) is 7.40. The number of hydrogen-bond acceptors (Lipinski definition) is 1. The molecular weight excluding hydrogens is 298 g/mol. The van der Waals surface area contributed by atoms with Crippen LogP contribution in [-0.4, -0.2) is 7.05 Å². The molecule has 0 heterocycles. The van der Waals surface area contributed by atoms with Crippen LogP contribution in [0.25, 0.3) is 0 Å². The maximum Gasteiger partial charge on any atom is 0.0595 e. The van der Waals surface area contributed by atoms with Crippen molar-refractivity contribution in [3.05, 3.63) is 33.3 Å². The molecule has 0 saturated heterocycles. The molecule has 3 heteroatoms. The van der Waals surface area contributed by atoms with Gasteiger partial charge in [0, 0.05) is 10.5 Å². The van der Waals surface area contributed by atoms with Crippen LogP contribution < -0.4 is 5.32 Å². The summed E-state index contributed by atoms with van der Waals surface area (Å²) >= 11 is 9.82. The van der Waals surface area contributed by atoms with Gasteiger partial charge in [-0.05, 0) is 46.9 Å². The van der Waals surface area contributed by atoms with Gasteiger partial charge in [0.15, 0.2) is 0 Å². The number of rotatable bonds is 6. The third kappa shape index (κ3) is 4.27. The summed E-state index contributed by atoms with van der Waals surface area (Å²) in [6.45, 7) is 4.54. The Hall–Kier alpha value is -0.0500. The molecule has 0 aliphatic rings. The second-order valence-corrected chi connectivity index (χ2v) is 5.85. The molecule has 1 N–H and O–H groups in total.